The van der Waals surface area contributed by atoms with Crippen molar-refractivity contribution in [2.75, 3.05) is 6.61 Å². The molecule has 1 aliphatic carbocycles. The fourth-order valence-corrected chi connectivity index (χ4v) is 3.71. The van der Waals surface area contributed by atoms with E-state index in [1.165, 1.54) is 0 Å². The minimum atomic E-state index is -0.745. The molecule has 1 aromatic rings. The molecule has 0 bridgehead atoms. The van der Waals surface area contributed by atoms with Gasteiger partial charge in [0.05, 0.1) is 6.61 Å². The summed E-state index contributed by atoms with van der Waals surface area (Å²) >= 11 is 6.40. The molecule has 0 saturated heterocycles. The molecule has 0 aromatic heterocycles. The molecule has 2 atom stereocenters. The van der Waals surface area contributed by atoms with Gasteiger partial charge in [0, 0.05) is 23.9 Å². The van der Waals surface area contributed by atoms with Crippen molar-refractivity contribution in [1.29, 1.82) is 0 Å². The zero-order valence-electron chi connectivity index (χ0n) is 14.4. The molecule has 1 aromatic carbocycles. The van der Waals surface area contributed by atoms with Crippen LogP contribution in [-0.2, 0) is 19.9 Å². The van der Waals surface area contributed by atoms with E-state index in [4.69, 9.17) is 16.3 Å². The first-order chi connectivity index (χ1) is 11.5. The molecule has 1 fully saturated rings. The molecule has 132 valence electrons. The molecular formula is C19H26ClNO3. The quantitative estimate of drug-likeness (QED) is 0.754. The van der Waals surface area contributed by atoms with Crippen molar-refractivity contribution in [2.45, 2.75) is 64.0 Å². The van der Waals surface area contributed by atoms with Gasteiger partial charge in [-0.2, -0.15) is 0 Å². The molecule has 1 N–H and O–H groups in total. The summed E-state index contributed by atoms with van der Waals surface area (Å²) in [5.41, 5.74) is 0.101. The van der Waals surface area contributed by atoms with Crippen molar-refractivity contribution in [3.05, 3.63) is 34.9 Å². The minimum Gasteiger partial charge on any atom is -0.466 e. The number of rotatable bonds is 7. The Morgan fingerprint density at radius 2 is 2.12 bits per heavy atom. The Kier molecular flexibility index (Phi) is 6.81. The number of nitrogens with one attached hydrogen (secondary N) is 1. The Labute approximate surface area is 148 Å². The van der Waals surface area contributed by atoms with E-state index in [1.54, 1.807) is 6.92 Å². The largest absolute Gasteiger partial charge is 0.466 e. The van der Waals surface area contributed by atoms with Gasteiger partial charge in [0.1, 0.15) is 5.54 Å². The first-order valence-corrected chi connectivity index (χ1v) is 9.09. The minimum absolute atomic E-state index is 0.00716. The Hall–Kier alpha value is -1.39. The zero-order chi connectivity index (χ0) is 17.6. The van der Waals surface area contributed by atoms with Crippen LogP contribution in [-0.4, -0.2) is 24.4 Å². The third-order valence-corrected chi connectivity index (χ3v) is 4.92. The summed E-state index contributed by atoms with van der Waals surface area (Å²) in [4.78, 5) is 24.4. The summed E-state index contributed by atoms with van der Waals surface area (Å²) in [5.74, 6) is -0.0160. The normalized spacial score (nSPS) is 22.2. The average Bonchev–Trinajstić information content (AvgIpc) is 2.56. The van der Waals surface area contributed by atoms with E-state index < -0.39 is 5.54 Å². The van der Waals surface area contributed by atoms with Crippen molar-refractivity contribution in [2.24, 2.45) is 0 Å². The molecule has 2 rings (SSSR count). The van der Waals surface area contributed by atoms with Crippen LogP contribution in [0, 0.1) is 0 Å². The van der Waals surface area contributed by atoms with Crippen LogP contribution in [0.2, 0.25) is 5.02 Å². The van der Waals surface area contributed by atoms with Crippen LogP contribution in [0.25, 0.3) is 0 Å². The van der Waals surface area contributed by atoms with E-state index in [0.29, 0.717) is 30.9 Å². The second-order valence-electron chi connectivity index (χ2n) is 6.40. The van der Waals surface area contributed by atoms with Crippen LogP contribution in [0.3, 0.4) is 0 Å². The van der Waals surface area contributed by atoms with Gasteiger partial charge in [-0.15, -0.1) is 0 Å². The number of halogens is 1. The Balaban J connectivity index is 2.17. The van der Waals surface area contributed by atoms with Gasteiger partial charge in [0.15, 0.2) is 5.78 Å². The predicted octanol–water partition coefficient (Wildman–Crippen LogP) is 4.00. The molecule has 0 amide bonds. The number of Topliss-reactive ketones (excluding diaryl/α,β-unsaturated/α-hetero) is 1. The SMILES string of the molecule is CCOC(=O)CCC(C)NC1(c2ccccc2Cl)CCCCC1=O. The third-order valence-electron chi connectivity index (χ3n) is 4.59. The van der Waals surface area contributed by atoms with Crippen LogP contribution in [0.15, 0.2) is 24.3 Å². The lowest BCUT2D eigenvalue weighted by molar-refractivity contribution is -0.143. The zero-order valence-corrected chi connectivity index (χ0v) is 15.2. The maximum absolute atomic E-state index is 12.8. The fraction of sp³-hybridized carbons (Fsp3) is 0.579. The molecule has 0 radical (unpaired) electrons. The van der Waals surface area contributed by atoms with Crippen LogP contribution >= 0.6 is 11.6 Å². The molecule has 24 heavy (non-hydrogen) atoms. The number of carbonyl (C=O) groups excluding carboxylic acids is 2. The Morgan fingerprint density at radius 3 is 2.79 bits per heavy atom. The maximum atomic E-state index is 12.8. The molecule has 1 saturated carbocycles. The summed E-state index contributed by atoms with van der Waals surface area (Å²) in [7, 11) is 0. The monoisotopic (exact) mass is 351 g/mol. The van der Waals surface area contributed by atoms with Gasteiger partial charge >= 0.3 is 5.97 Å². The third kappa shape index (κ3) is 4.37. The Morgan fingerprint density at radius 1 is 1.38 bits per heavy atom. The van der Waals surface area contributed by atoms with Gasteiger partial charge in [-0.1, -0.05) is 36.2 Å². The van der Waals surface area contributed by atoms with Gasteiger partial charge in [0.25, 0.3) is 0 Å². The highest BCUT2D eigenvalue weighted by molar-refractivity contribution is 6.31. The number of esters is 1. The van der Waals surface area contributed by atoms with E-state index in [2.05, 4.69) is 5.32 Å². The summed E-state index contributed by atoms with van der Waals surface area (Å²) in [6.45, 7) is 4.19. The smallest absolute Gasteiger partial charge is 0.305 e. The number of ether oxygens (including phenoxy) is 1. The first-order valence-electron chi connectivity index (χ1n) is 8.71. The fourth-order valence-electron chi connectivity index (χ4n) is 3.41. The number of hydrogen-bond acceptors (Lipinski definition) is 4. The van der Waals surface area contributed by atoms with Crippen LogP contribution in [0.4, 0.5) is 0 Å². The van der Waals surface area contributed by atoms with E-state index in [1.807, 2.05) is 31.2 Å². The lowest BCUT2D eigenvalue weighted by Gasteiger charge is -2.40. The van der Waals surface area contributed by atoms with Crippen molar-refractivity contribution < 1.29 is 14.3 Å². The average molecular weight is 352 g/mol. The second kappa shape index (κ2) is 8.63. The second-order valence-corrected chi connectivity index (χ2v) is 6.81. The van der Waals surface area contributed by atoms with Gasteiger partial charge in [-0.25, -0.2) is 0 Å². The molecule has 0 heterocycles. The summed E-state index contributed by atoms with van der Waals surface area (Å²) in [6, 6.07) is 7.54. The van der Waals surface area contributed by atoms with E-state index in [-0.39, 0.29) is 17.8 Å². The highest BCUT2D eigenvalue weighted by atomic mass is 35.5. The number of ketones is 1. The van der Waals surface area contributed by atoms with Crippen molar-refractivity contribution in [3.63, 3.8) is 0 Å². The lowest BCUT2D eigenvalue weighted by Crippen LogP contribution is -2.54. The van der Waals surface area contributed by atoms with Crippen molar-refractivity contribution >= 4 is 23.4 Å². The summed E-state index contributed by atoms with van der Waals surface area (Å²) in [5, 5.41) is 4.10. The lowest BCUT2D eigenvalue weighted by atomic mass is 9.75. The first kappa shape index (κ1) is 18.9. The molecular weight excluding hydrogens is 326 g/mol. The van der Waals surface area contributed by atoms with Gasteiger partial charge < -0.3 is 4.74 Å². The number of carbonyl (C=O) groups is 2. The van der Waals surface area contributed by atoms with Crippen molar-refractivity contribution in [1.82, 2.24) is 5.32 Å². The topological polar surface area (TPSA) is 55.4 Å². The number of hydrogen-bond donors (Lipinski definition) is 1. The molecule has 0 aliphatic heterocycles. The standard InChI is InChI=1S/C19H26ClNO3/c1-3-24-18(23)12-11-14(2)21-19(13-7-6-10-17(19)22)15-8-4-5-9-16(15)20/h4-5,8-9,14,21H,3,6-7,10-13H2,1-2H3. The maximum Gasteiger partial charge on any atom is 0.305 e. The van der Waals surface area contributed by atoms with E-state index in [9.17, 15) is 9.59 Å². The van der Waals surface area contributed by atoms with Gasteiger partial charge in [0.2, 0.25) is 0 Å². The molecule has 5 heteroatoms. The van der Waals surface area contributed by atoms with Gasteiger partial charge in [-0.05, 0) is 44.7 Å². The van der Waals surface area contributed by atoms with Crippen molar-refractivity contribution in [3.8, 4) is 0 Å². The molecule has 1 aliphatic rings. The highest BCUT2D eigenvalue weighted by Crippen LogP contribution is 2.38. The van der Waals surface area contributed by atoms with Crippen LogP contribution < -0.4 is 5.32 Å². The molecule has 0 spiro atoms. The summed E-state index contributed by atoms with van der Waals surface area (Å²) < 4.78 is 4.98. The summed E-state index contributed by atoms with van der Waals surface area (Å²) in [6.07, 6.45) is 4.16. The predicted molar refractivity (Wildman–Crippen MR) is 95.1 cm³/mol. The molecule has 2 unspecified atom stereocenters. The highest BCUT2D eigenvalue weighted by Gasteiger charge is 2.43. The number of benzene rings is 1. The molecule has 4 nitrogen and oxygen atoms in total. The van der Waals surface area contributed by atoms with E-state index >= 15 is 0 Å². The van der Waals surface area contributed by atoms with E-state index in [0.717, 1.165) is 24.8 Å². The van der Waals surface area contributed by atoms with Gasteiger partial charge in [-0.3, -0.25) is 14.9 Å². The Bertz CT molecular complexity index is 590. The van der Waals surface area contributed by atoms with Crippen LogP contribution in [0.5, 0.6) is 0 Å². The van der Waals surface area contributed by atoms with Crippen LogP contribution in [0.1, 0.15) is 57.9 Å².